The van der Waals surface area contributed by atoms with Crippen molar-refractivity contribution in [2.24, 2.45) is 5.92 Å². The molecule has 1 aromatic rings. The maximum absolute atomic E-state index is 13.1. The van der Waals surface area contributed by atoms with Gasteiger partial charge in [0.1, 0.15) is 5.75 Å². The summed E-state index contributed by atoms with van der Waals surface area (Å²) in [5.41, 5.74) is 0. The highest BCUT2D eigenvalue weighted by atomic mass is 16.5. The number of para-hydroxylation sites is 1. The molecule has 2 bridgehead atoms. The normalized spacial score (nSPS) is 25.9. The molecule has 0 radical (unpaired) electrons. The second kappa shape index (κ2) is 8.30. The van der Waals surface area contributed by atoms with E-state index in [2.05, 4.69) is 10.2 Å². The molecular formula is C21H29N3O3. The van der Waals surface area contributed by atoms with Crippen LogP contribution in [0.4, 0.5) is 0 Å². The summed E-state index contributed by atoms with van der Waals surface area (Å²) in [6.45, 7) is 3.30. The molecule has 0 spiro atoms. The fraction of sp³-hybridized carbons (Fsp3) is 0.619. The maximum atomic E-state index is 13.1. The first-order valence-corrected chi connectivity index (χ1v) is 10.2. The summed E-state index contributed by atoms with van der Waals surface area (Å²) in [6, 6.07) is 10.2. The molecular weight excluding hydrogens is 342 g/mol. The SMILES string of the molecule is O=C(COc1ccccc1)N1CCC(C(=O)N2C3CCNCC2CC3)CC1. The minimum absolute atomic E-state index is 0.00351. The molecule has 3 fully saturated rings. The maximum Gasteiger partial charge on any atom is 0.260 e. The van der Waals surface area contributed by atoms with Gasteiger partial charge in [-0.3, -0.25) is 9.59 Å². The third-order valence-electron chi connectivity index (χ3n) is 6.21. The molecule has 0 saturated carbocycles. The second-order valence-electron chi connectivity index (χ2n) is 7.88. The molecule has 0 aliphatic carbocycles. The number of rotatable bonds is 4. The lowest BCUT2D eigenvalue weighted by Crippen LogP contribution is -2.49. The first-order valence-electron chi connectivity index (χ1n) is 10.2. The number of carbonyl (C=O) groups is 2. The number of nitrogens with one attached hydrogen (secondary N) is 1. The van der Waals surface area contributed by atoms with Crippen LogP contribution in [0, 0.1) is 5.92 Å². The number of nitrogens with zero attached hydrogens (tertiary/aromatic N) is 2. The van der Waals surface area contributed by atoms with Crippen LogP contribution in [-0.2, 0) is 9.59 Å². The number of benzene rings is 1. The Bertz CT molecular complexity index is 644. The minimum Gasteiger partial charge on any atom is -0.484 e. The minimum atomic E-state index is 0.00351. The summed E-state index contributed by atoms with van der Waals surface area (Å²) in [5, 5.41) is 3.46. The number of hydrogen-bond donors (Lipinski definition) is 1. The monoisotopic (exact) mass is 371 g/mol. The fourth-order valence-electron chi connectivity index (χ4n) is 4.68. The molecule has 1 aromatic carbocycles. The van der Waals surface area contributed by atoms with Gasteiger partial charge in [0.25, 0.3) is 5.91 Å². The van der Waals surface area contributed by atoms with E-state index in [-0.39, 0.29) is 18.4 Å². The van der Waals surface area contributed by atoms with Crippen LogP contribution in [0.15, 0.2) is 30.3 Å². The topological polar surface area (TPSA) is 61.9 Å². The highest BCUT2D eigenvalue weighted by Gasteiger charge is 2.41. The van der Waals surface area contributed by atoms with Gasteiger partial charge in [0.05, 0.1) is 0 Å². The van der Waals surface area contributed by atoms with Gasteiger partial charge < -0.3 is 19.9 Å². The van der Waals surface area contributed by atoms with Crippen molar-refractivity contribution in [1.82, 2.24) is 15.1 Å². The van der Waals surface area contributed by atoms with Gasteiger partial charge in [-0.15, -0.1) is 0 Å². The van der Waals surface area contributed by atoms with Crippen LogP contribution in [0.25, 0.3) is 0 Å². The third-order valence-corrected chi connectivity index (χ3v) is 6.21. The fourth-order valence-corrected chi connectivity index (χ4v) is 4.68. The van der Waals surface area contributed by atoms with Gasteiger partial charge in [-0.2, -0.15) is 0 Å². The van der Waals surface area contributed by atoms with E-state index in [0.29, 0.717) is 36.8 Å². The molecule has 4 rings (SSSR count). The van der Waals surface area contributed by atoms with Crippen LogP contribution in [0.3, 0.4) is 0 Å². The zero-order valence-electron chi connectivity index (χ0n) is 15.8. The van der Waals surface area contributed by atoms with Gasteiger partial charge in [-0.05, 0) is 50.8 Å². The summed E-state index contributed by atoms with van der Waals surface area (Å²) in [5.74, 6) is 1.09. The Morgan fingerprint density at radius 1 is 1.00 bits per heavy atom. The lowest BCUT2D eigenvalue weighted by atomic mass is 9.94. The molecule has 3 heterocycles. The van der Waals surface area contributed by atoms with E-state index in [4.69, 9.17) is 4.74 Å². The Hall–Kier alpha value is -2.08. The molecule has 3 saturated heterocycles. The quantitative estimate of drug-likeness (QED) is 0.874. The summed E-state index contributed by atoms with van der Waals surface area (Å²) >= 11 is 0. The van der Waals surface area contributed by atoms with Crippen LogP contribution in [0.5, 0.6) is 5.75 Å². The molecule has 1 N–H and O–H groups in total. The largest absolute Gasteiger partial charge is 0.484 e. The van der Waals surface area contributed by atoms with Crippen LogP contribution < -0.4 is 10.1 Å². The van der Waals surface area contributed by atoms with Crippen molar-refractivity contribution in [3.05, 3.63) is 30.3 Å². The van der Waals surface area contributed by atoms with Gasteiger partial charge in [-0.1, -0.05) is 18.2 Å². The molecule has 2 atom stereocenters. The first-order chi connectivity index (χ1) is 13.2. The number of ether oxygens (including phenoxy) is 1. The number of fused-ring (bicyclic) bond motifs is 2. The average molecular weight is 371 g/mol. The van der Waals surface area contributed by atoms with Crippen molar-refractivity contribution in [2.75, 3.05) is 32.8 Å². The highest BCUT2D eigenvalue weighted by Crippen LogP contribution is 2.31. The Morgan fingerprint density at radius 3 is 2.52 bits per heavy atom. The third kappa shape index (κ3) is 4.10. The number of hydrogen-bond acceptors (Lipinski definition) is 4. The average Bonchev–Trinajstić information content (AvgIpc) is 2.99. The summed E-state index contributed by atoms with van der Waals surface area (Å²) in [6.07, 6.45) is 4.86. The van der Waals surface area contributed by atoms with Crippen LogP contribution >= 0.6 is 0 Å². The van der Waals surface area contributed by atoms with E-state index in [1.54, 1.807) is 0 Å². The summed E-state index contributed by atoms with van der Waals surface area (Å²) in [4.78, 5) is 29.6. The Morgan fingerprint density at radius 2 is 1.74 bits per heavy atom. The Labute approximate surface area is 160 Å². The van der Waals surface area contributed by atoms with E-state index in [0.717, 1.165) is 45.2 Å². The zero-order chi connectivity index (χ0) is 18.6. The van der Waals surface area contributed by atoms with Crippen molar-refractivity contribution < 1.29 is 14.3 Å². The molecule has 0 aromatic heterocycles. The summed E-state index contributed by atoms with van der Waals surface area (Å²) in [7, 11) is 0. The molecule has 6 heteroatoms. The van der Waals surface area contributed by atoms with Gasteiger partial charge >= 0.3 is 0 Å². The lowest BCUT2D eigenvalue weighted by molar-refractivity contribution is -0.143. The van der Waals surface area contributed by atoms with Crippen molar-refractivity contribution in [1.29, 1.82) is 0 Å². The molecule has 3 aliphatic heterocycles. The molecule has 6 nitrogen and oxygen atoms in total. The molecule has 3 aliphatic rings. The molecule has 2 amide bonds. The van der Waals surface area contributed by atoms with Crippen molar-refractivity contribution in [2.45, 2.75) is 44.2 Å². The second-order valence-corrected chi connectivity index (χ2v) is 7.88. The van der Waals surface area contributed by atoms with Crippen LogP contribution in [0.1, 0.15) is 32.1 Å². The van der Waals surface area contributed by atoms with Crippen LogP contribution in [-0.4, -0.2) is 66.5 Å². The van der Waals surface area contributed by atoms with Gasteiger partial charge in [0.15, 0.2) is 6.61 Å². The van der Waals surface area contributed by atoms with Gasteiger partial charge in [0.2, 0.25) is 5.91 Å². The number of carbonyl (C=O) groups excluding carboxylic acids is 2. The number of piperidine rings is 1. The van der Waals surface area contributed by atoms with Crippen molar-refractivity contribution in [3.63, 3.8) is 0 Å². The number of amides is 2. The predicted molar refractivity (Wildman–Crippen MR) is 102 cm³/mol. The molecule has 146 valence electrons. The van der Waals surface area contributed by atoms with E-state index >= 15 is 0 Å². The first kappa shape index (κ1) is 18.3. The molecule has 2 unspecified atom stereocenters. The highest BCUT2D eigenvalue weighted by molar-refractivity contribution is 5.81. The summed E-state index contributed by atoms with van der Waals surface area (Å²) < 4.78 is 5.57. The van der Waals surface area contributed by atoms with Gasteiger partial charge in [0, 0.05) is 37.6 Å². The van der Waals surface area contributed by atoms with E-state index in [1.165, 1.54) is 0 Å². The smallest absolute Gasteiger partial charge is 0.260 e. The van der Waals surface area contributed by atoms with E-state index < -0.39 is 0 Å². The van der Waals surface area contributed by atoms with Crippen molar-refractivity contribution in [3.8, 4) is 5.75 Å². The van der Waals surface area contributed by atoms with E-state index in [9.17, 15) is 9.59 Å². The van der Waals surface area contributed by atoms with Gasteiger partial charge in [-0.25, -0.2) is 0 Å². The lowest BCUT2D eigenvalue weighted by Gasteiger charge is -2.36. The van der Waals surface area contributed by atoms with Crippen LogP contribution in [0.2, 0.25) is 0 Å². The Balaban J connectivity index is 1.27. The van der Waals surface area contributed by atoms with E-state index in [1.807, 2.05) is 35.2 Å². The molecule has 27 heavy (non-hydrogen) atoms. The number of likely N-dealkylation sites (tertiary alicyclic amines) is 1. The van der Waals surface area contributed by atoms with Crippen molar-refractivity contribution >= 4 is 11.8 Å². The Kier molecular flexibility index (Phi) is 5.62. The predicted octanol–water partition coefficient (Wildman–Crippen LogP) is 1.66. The standard InChI is InChI=1S/C21H29N3O3/c25-20(15-27-19-4-2-1-3-5-19)23-12-9-16(10-13-23)21(26)24-17-6-7-18(24)14-22-11-8-17/h1-5,16-18,22H,6-15H2. The zero-order valence-corrected chi connectivity index (χ0v) is 15.8.